The Morgan fingerprint density at radius 3 is 2.05 bits per heavy atom. The molecule has 4 nitrogen and oxygen atoms in total. The largest absolute Gasteiger partial charge is 0.475 e. The fraction of sp³-hybridized carbons (Fsp3) is 0.444. The molecule has 0 spiro atoms. The van der Waals surface area contributed by atoms with Gasteiger partial charge in [0.05, 0.1) is 12.7 Å². The predicted molar refractivity (Wildman–Crippen MR) is 91.2 cm³/mol. The van der Waals surface area contributed by atoms with Crippen LogP contribution in [0.4, 0.5) is 0 Å². The Balaban J connectivity index is 0.000000360. The normalized spacial score (nSPS) is 9.18. The lowest BCUT2D eigenvalue weighted by atomic mass is 10.3. The molecular formula is C18H28N2O2. The molecule has 2 aromatic heterocycles. The molecule has 22 heavy (non-hydrogen) atoms. The minimum Gasteiger partial charge on any atom is -0.475 e. The highest BCUT2D eigenvalue weighted by Crippen LogP contribution is 2.05. The lowest BCUT2D eigenvalue weighted by Crippen LogP contribution is -2.06. The minimum absolute atomic E-state index is 0.204. The summed E-state index contributed by atoms with van der Waals surface area (Å²) < 4.78 is 10.2. The van der Waals surface area contributed by atoms with E-state index in [4.69, 9.17) is 9.47 Å². The van der Waals surface area contributed by atoms with Gasteiger partial charge < -0.3 is 9.47 Å². The van der Waals surface area contributed by atoms with Gasteiger partial charge in [-0.3, -0.25) is 4.98 Å². The molecule has 2 heterocycles. The summed E-state index contributed by atoms with van der Waals surface area (Å²) >= 11 is 0. The maximum absolute atomic E-state index is 5.30. The third-order valence-electron chi connectivity index (χ3n) is 2.28. The minimum atomic E-state index is 0.204. The van der Waals surface area contributed by atoms with Crippen molar-refractivity contribution in [2.75, 3.05) is 13.7 Å². The highest BCUT2D eigenvalue weighted by molar-refractivity contribution is 5.09. The second-order valence-electron chi connectivity index (χ2n) is 4.40. The second-order valence-corrected chi connectivity index (χ2v) is 4.40. The third kappa shape index (κ3) is 10.8. The average molecular weight is 304 g/mol. The van der Waals surface area contributed by atoms with E-state index in [1.165, 1.54) is 0 Å². The molecule has 0 aromatic carbocycles. The monoisotopic (exact) mass is 304 g/mol. The number of aromatic nitrogens is 2. The molecule has 0 aliphatic heterocycles. The lowest BCUT2D eigenvalue weighted by Gasteiger charge is -2.06. The first-order valence-corrected chi connectivity index (χ1v) is 7.69. The highest BCUT2D eigenvalue weighted by atomic mass is 16.5. The molecule has 0 unspecified atom stereocenters. The molecule has 4 heteroatoms. The molecule has 122 valence electrons. The van der Waals surface area contributed by atoms with Crippen LogP contribution in [0.2, 0.25) is 0 Å². The molecule has 0 aliphatic rings. The van der Waals surface area contributed by atoms with Gasteiger partial charge in [-0.25, -0.2) is 4.98 Å². The van der Waals surface area contributed by atoms with Crippen LogP contribution in [-0.2, 0) is 11.2 Å². The van der Waals surface area contributed by atoms with Crippen LogP contribution in [0, 0.1) is 0 Å². The molecule has 0 radical (unpaired) electrons. The number of hydrogen-bond donors (Lipinski definition) is 0. The van der Waals surface area contributed by atoms with E-state index in [0.29, 0.717) is 5.88 Å². The average Bonchev–Trinajstić information content (AvgIpc) is 2.57. The Labute approximate surface area is 134 Å². The molecule has 0 N–H and O–H groups in total. The van der Waals surface area contributed by atoms with Crippen LogP contribution >= 0.6 is 0 Å². The molecule has 0 saturated heterocycles. The summed E-state index contributed by atoms with van der Waals surface area (Å²) in [6.45, 7) is 8.71. The van der Waals surface area contributed by atoms with E-state index in [1.807, 2.05) is 64.1 Å². The van der Waals surface area contributed by atoms with E-state index in [2.05, 4.69) is 9.97 Å². The third-order valence-corrected chi connectivity index (χ3v) is 2.28. The zero-order valence-electron chi connectivity index (χ0n) is 14.3. The predicted octanol–water partition coefficient (Wildman–Crippen LogP) is 4.17. The Morgan fingerprint density at radius 1 is 0.955 bits per heavy atom. The van der Waals surface area contributed by atoms with Gasteiger partial charge in [0.1, 0.15) is 0 Å². The van der Waals surface area contributed by atoms with Gasteiger partial charge >= 0.3 is 0 Å². The van der Waals surface area contributed by atoms with Crippen molar-refractivity contribution >= 4 is 0 Å². The molecule has 0 amide bonds. The molecular weight excluding hydrogens is 276 g/mol. The summed E-state index contributed by atoms with van der Waals surface area (Å²) in [6, 6.07) is 11.5. The summed E-state index contributed by atoms with van der Waals surface area (Å²) in [5.41, 5.74) is 1.09. The molecule has 0 atom stereocenters. The first-order valence-electron chi connectivity index (χ1n) is 7.69. The number of pyridine rings is 2. The van der Waals surface area contributed by atoms with Crippen LogP contribution < -0.4 is 4.74 Å². The van der Waals surface area contributed by atoms with Crippen molar-refractivity contribution in [2.24, 2.45) is 0 Å². The van der Waals surface area contributed by atoms with E-state index in [-0.39, 0.29) is 6.10 Å². The molecule has 2 aromatic rings. The van der Waals surface area contributed by atoms with Crippen LogP contribution in [0.1, 0.15) is 33.4 Å². The van der Waals surface area contributed by atoms with Gasteiger partial charge in [-0.15, -0.1) is 0 Å². The topological polar surface area (TPSA) is 44.2 Å². The van der Waals surface area contributed by atoms with Crippen LogP contribution in [0.3, 0.4) is 0 Å². The van der Waals surface area contributed by atoms with Crippen LogP contribution in [0.5, 0.6) is 5.88 Å². The molecule has 0 aliphatic carbocycles. The molecule has 2 rings (SSSR count). The molecule has 0 fully saturated rings. The standard InChI is InChI=1S/2C8H11NO.C2H6/c1-7(2)10-8-5-3-4-6-9-8;1-10-7-5-8-4-2-3-6-9-8;1-2/h3-7H,1-2H3;2-4,6H,5,7H2,1H3;1-2H3. The Hall–Kier alpha value is -1.94. The van der Waals surface area contributed by atoms with E-state index < -0.39 is 0 Å². The van der Waals surface area contributed by atoms with Gasteiger partial charge in [0.15, 0.2) is 0 Å². The van der Waals surface area contributed by atoms with Gasteiger partial charge in [-0.05, 0) is 32.0 Å². The quantitative estimate of drug-likeness (QED) is 0.831. The highest BCUT2D eigenvalue weighted by Gasteiger charge is 1.94. The fourth-order valence-electron chi connectivity index (χ4n) is 1.41. The van der Waals surface area contributed by atoms with Crippen LogP contribution in [0.15, 0.2) is 48.8 Å². The van der Waals surface area contributed by atoms with Gasteiger partial charge in [-0.1, -0.05) is 26.0 Å². The number of methoxy groups -OCH3 is 1. The maximum Gasteiger partial charge on any atom is 0.213 e. The van der Waals surface area contributed by atoms with E-state index in [9.17, 15) is 0 Å². The van der Waals surface area contributed by atoms with Gasteiger partial charge in [0, 0.05) is 37.7 Å². The summed E-state index contributed by atoms with van der Waals surface area (Å²) in [5.74, 6) is 0.692. The number of nitrogens with zero attached hydrogens (tertiary/aromatic N) is 2. The zero-order chi connectivity index (χ0) is 16.6. The van der Waals surface area contributed by atoms with E-state index in [0.717, 1.165) is 18.7 Å². The molecule has 0 saturated carbocycles. The van der Waals surface area contributed by atoms with Gasteiger partial charge in [0.2, 0.25) is 5.88 Å². The van der Waals surface area contributed by atoms with Gasteiger partial charge in [-0.2, -0.15) is 0 Å². The zero-order valence-corrected chi connectivity index (χ0v) is 14.3. The Morgan fingerprint density at radius 2 is 1.59 bits per heavy atom. The van der Waals surface area contributed by atoms with Crippen molar-refractivity contribution in [3.63, 3.8) is 0 Å². The summed E-state index contributed by atoms with van der Waals surface area (Å²) in [6.07, 6.45) is 4.62. The Kier molecular flexibility index (Phi) is 12.8. The maximum atomic E-state index is 5.30. The van der Waals surface area contributed by atoms with Crippen molar-refractivity contribution in [3.05, 3.63) is 54.5 Å². The van der Waals surface area contributed by atoms with Crippen molar-refractivity contribution in [1.29, 1.82) is 0 Å². The van der Waals surface area contributed by atoms with Crippen molar-refractivity contribution < 1.29 is 9.47 Å². The van der Waals surface area contributed by atoms with Crippen molar-refractivity contribution in [3.8, 4) is 5.88 Å². The van der Waals surface area contributed by atoms with Gasteiger partial charge in [0.25, 0.3) is 0 Å². The molecule has 0 bridgehead atoms. The first-order chi connectivity index (χ1) is 10.7. The number of rotatable bonds is 5. The summed E-state index contributed by atoms with van der Waals surface area (Å²) in [7, 11) is 1.70. The van der Waals surface area contributed by atoms with E-state index >= 15 is 0 Å². The van der Waals surface area contributed by atoms with Crippen LogP contribution in [0.25, 0.3) is 0 Å². The Bertz CT molecular complexity index is 447. The fourth-order valence-corrected chi connectivity index (χ4v) is 1.41. The second kappa shape index (κ2) is 14.0. The smallest absolute Gasteiger partial charge is 0.213 e. The SMILES string of the molecule is CC.CC(C)Oc1ccccn1.COCCc1ccccn1. The number of ether oxygens (including phenoxy) is 2. The van der Waals surface area contributed by atoms with Crippen molar-refractivity contribution in [1.82, 2.24) is 9.97 Å². The summed E-state index contributed by atoms with van der Waals surface area (Å²) in [5, 5.41) is 0. The summed E-state index contributed by atoms with van der Waals surface area (Å²) in [4.78, 5) is 8.13. The lowest BCUT2D eigenvalue weighted by molar-refractivity contribution is 0.201. The van der Waals surface area contributed by atoms with Crippen LogP contribution in [-0.4, -0.2) is 29.8 Å². The number of hydrogen-bond acceptors (Lipinski definition) is 4. The van der Waals surface area contributed by atoms with Crippen molar-refractivity contribution in [2.45, 2.75) is 40.2 Å². The first kappa shape index (κ1) is 20.1. The van der Waals surface area contributed by atoms with E-state index in [1.54, 1.807) is 19.5 Å².